The molecule has 0 aliphatic carbocycles. The summed E-state index contributed by atoms with van der Waals surface area (Å²) >= 11 is 1.57. The van der Waals surface area contributed by atoms with Crippen LogP contribution in [0.3, 0.4) is 0 Å². The Morgan fingerprint density at radius 1 is 1.12 bits per heavy atom. The Kier molecular flexibility index (Phi) is 4.46. The summed E-state index contributed by atoms with van der Waals surface area (Å²) in [6.07, 6.45) is 8.13. The summed E-state index contributed by atoms with van der Waals surface area (Å²) < 4.78 is 1.72. The molecule has 128 valence electrons. The first-order valence-electron chi connectivity index (χ1n) is 8.45. The van der Waals surface area contributed by atoms with Gasteiger partial charge >= 0.3 is 0 Å². The number of hydrogen-bond donors (Lipinski definition) is 0. The Labute approximate surface area is 155 Å². The van der Waals surface area contributed by atoms with Gasteiger partial charge in [0.15, 0.2) is 4.96 Å². The van der Waals surface area contributed by atoms with Gasteiger partial charge in [0.25, 0.3) is 5.56 Å². The zero-order chi connectivity index (χ0) is 17.9. The maximum atomic E-state index is 12.8. The van der Waals surface area contributed by atoms with Crippen LogP contribution in [0, 0.1) is 0 Å². The molecule has 0 fully saturated rings. The topological polar surface area (TPSA) is 47.3 Å². The van der Waals surface area contributed by atoms with Crippen molar-refractivity contribution in [3.8, 4) is 11.3 Å². The molecule has 0 bridgehead atoms. The van der Waals surface area contributed by atoms with Crippen molar-refractivity contribution in [2.45, 2.75) is 13.3 Å². The van der Waals surface area contributed by atoms with E-state index in [4.69, 9.17) is 0 Å². The second kappa shape index (κ2) is 7.06. The number of fused-ring (bicyclic) bond motifs is 1. The summed E-state index contributed by atoms with van der Waals surface area (Å²) in [7, 11) is 0. The normalized spacial score (nSPS) is 11.4. The highest BCUT2D eigenvalue weighted by molar-refractivity contribution is 7.17. The minimum atomic E-state index is -0.0596. The molecule has 0 spiro atoms. The van der Waals surface area contributed by atoms with Crippen LogP contribution < -0.4 is 5.56 Å². The molecule has 26 heavy (non-hydrogen) atoms. The SMILES string of the molecule is CCc1sc2nc(/C=C/c3cccnc3)cc(=O)n2c1-c1ccccc1. The Morgan fingerprint density at radius 2 is 1.96 bits per heavy atom. The maximum Gasteiger partial charge on any atom is 0.259 e. The highest BCUT2D eigenvalue weighted by Crippen LogP contribution is 2.30. The Morgan fingerprint density at radius 3 is 2.69 bits per heavy atom. The number of pyridine rings is 1. The first-order valence-corrected chi connectivity index (χ1v) is 9.27. The summed E-state index contributed by atoms with van der Waals surface area (Å²) in [5.74, 6) is 0. The quantitative estimate of drug-likeness (QED) is 0.537. The largest absolute Gasteiger partial charge is 0.269 e. The molecule has 4 rings (SSSR count). The lowest BCUT2D eigenvalue weighted by Gasteiger charge is -2.04. The van der Waals surface area contributed by atoms with Crippen molar-refractivity contribution in [3.05, 3.63) is 87.4 Å². The molecule has 4 aromatic rings. The van der Waals surface area contributed by atoms with E-state index < -0.39 is 0 Å². The highest BCUT2D eigenvalue weighted by Gasteiger charge is 2.15. The molecule has 5 heteroatoms. The molecule has 0 aliphatic heterocycles. The molecule has 0 N–H and O–H groups in total. The van der Waals surface area contributed by atoms with Gasteiger partial charge in [-0.25, -0.2) is 4.98 Å². The van der Waals surface area contributed by atoms with Crippen molar-refractivity contribution in [1.29, 1.82) is 0 Å². The van der Waals surface area contributed by atoms with Gasteiger partial charge in [0.1, 0.15) is 0 Å². The maximum absolute atomic E-state index is 12.8. The van der Waals surface area contributed by atoms with Crippen molar-refractivity contribution in [1.82, 2.24) is 14.4 Å². The van der Waals surface area contributed by atoms with Gasteiger partial charge in [0.2, 0.25) is 0 Å². The van der Waals surface area contributed by atoms with Crippen molar-refractivity contribution in [3.63, 3.8) is 0 Å². The number of thiazole rings is 1. The van der Waals surface area contributed by atoms with Gasteiger partial charge in [0, 0.05) is 23.3 Å². The summed E-state index contributed by atoms with van der Waals surface area (Å²) in [5, 5.41) is 0. The van der Waals surface area contributed by atoms with Crippen LogP contribution in [-0.2, 0) is 6.42 Å². The van der Waals surface area contributed by atoms with Crippen LogP contribution in [0.25, 0.3) is 28.4 Å². The number of hydrogen-bond acceptors (Lipinski definition) is 4. The molecule has 0 saturated carbocycles. The van der Waals surface area contributed by atoms with Crippen molar-refractivity contribution in [2.75, 3.05) is 0 Å². The van der Waals surface area contributed by atoms with Gasteiger partial charge in [-0.1, -0.05) is 49.4 Å². The lowest BCUT2D eigenvalue weighted by Crippen LogP contribution is -2.14. The van der Waals surface area contributed by atoms with E-state index in [2.05, 4.69) is 16.9 Å². The average molecular weight is 359 g/mol. The molecule has 0 amide bonds. The molecule has 1 aromatic carbocycles. The van der Waals surface area contributed by atoms with Crippen molar-refractivity contribution in [2.24, 2.45) is 0 Å². The van der Waals surface area contributed by atoms with Crippen LogP contribution >= 0.6 is 11.3 Å². The number of aryl methyl sites for hydroxylation is 1. The van der Waals surface area contributed by atoms with Crippen LogP contribution in [-0.4, -0.2) is 14.4 Å². The summed E-state index contributed by atoms with van der Waals surface area (Å²) in [6.45, 7) is 2.10. The van der Waals surface area contributed by atoms with E-state index >= 15 is 0 Å². The molecule has 0 saturated heterocycles. The van der Waals surface area contributed by atoms with Gasteiger partial charge in [-0.3, -0.25) is 14.2 Å². The van der Waals surface area contributed by atoms with Gasteiger partial charge in [-0.05, 0) is 29.7 Å². The summed E-state index contributed by atoms with van der Waals surface area (Å²) in [4.78, 5) is 23.5. The van der Waals surface area contributed by atoms with E-state index in [1.165, 1.54) is 0 Å². The summed E-state index contributed by atoms with van der Waals surface area (Å²) in [5.41, 5.74) is 3.56. The zero-order valence-corrected chi connectivity index (χ0v) is 15.1. The smallest absolute Gasteiger partial charge is 0.259 e. The average Bonchev–Trinajstić information content (AvgIpc) is 3.07. The molecular formula is C21H17N3OS. The first kappa shape index (κ1) is 16.4. The van der Waals surface area contributed by atoms with Crippen LogP contribution in [0.15, 0.2) is 65.7 Å². The molecule has 0 unspecified atom stereocenters. The van der Waals surface area contributed by atoms with E-state index in [0.29, 0.717) is 5.69 Å². The second-order valence-corrected chi connectivity index (χ2v) is 6.91. The van der Waals surface area contributed by atoms with Crippen LogP contribution in [0.2, 0.25) is 0 Å². The molecule has 0 aliphatic rings. The number of aromatic nitrogens is 3. The first-order chi connectivity index (χ1) is 12.8. The van der Waals surface area contributed by atoms with Crippen LogP contribution in [0.1, 0.15) is 23.1 Å². The monoisotopic (exact) mass is 359 g/mol. The molecule has 4 nitrogen and oxygen atoms in total. The Hall–Kier alpha value is -3.05. The fourth-order valence-corrected chi connectivity index (χ4v) is 4.00. The predicted molar refractivity (Wildman–Crippen MR) is 107 cm³/mol. The molecule has 3 aromatic heterocycles. The lowest BCUT2D eigenvalue weighted by atomic mass is 10.1. The third kappa shape index (κ3) is 3.09. The third-order valence-corrected chi connectivity index (χ3v) is 5.29. The van der Waals surface area contributed by atoms with E-state index in [9.17, 15) is 4.79 Å². The minimum Gasteiger partial charge on any atom is -0.269 e. The lowest BCUT2D eigenvalue weighted by molar-refractivity contribution is 1.05. The number of rotatable bonds is 4. The van der Waals surface area contributed by atoms with Gasteiger partial charge < -0.3 is 0 Å². The fraction of sp³-hybridized carbons (Fsp3) is 0.0952. The zero-order valence-electron chi connectivity index (χ0n) is 14.3. The van der Waals surface area contributed by atoms with Crippen molar-refractivity contribution >= 4 is 28.4 Å². The van der Waals surface area contributed by atoms with Crippen LogP contribution in [0.4, 0.5) is 0 Å². The van der Waals surface area contributed by atoms with E-state index in [1.807, 2.05) is 54.6 Å². The Bertz CT molecular complexity index is 1130. The number of nitrogens with zero attached hydrogens (tertiary/aromatic N) is 3. The van der Waals surface area contributed by atoms with Gasteiger partial charge in [-0.15, -0.1) is 11.3 Å². The summed E-state index contributed by atoms with van der Waals surface area (Å²) in [6, 6.07) is 15.4. The third-order valence-electron chi connectivity index (χ3n) is 4.11. The van der Waals surface area contributed by atoms with Gasteiger partial charge in [0.05, 0.1) is 11.4 Å². The van der Waals surface area contributed by atoms with Crippen molar-refractivity contribution < 1.29 is 0 Å². The van der Waals surface area contributed by atoms with Gasteiger partial charge in [-0.2, -0.15) is 0 Å². The minimum absolute atomic E-state index is 0.0596. The van der Waals surface area contributed by atoms with E-state index in [1.54, 1.807) is 34.2 Å². The van der Waals surface area contributed by atoms with E-state index in [0.717, 1.165) is 33.1 Å². The molecule has 0 atom stereocenters. The second-order valence-electron chi connectivity index (χ2n) is 5.85. The Balaban J connectivity index is 1.84. The predicted octanol–water partition coefficient (Wildman–Crippen LogP) is 4.55. The fourth-order valence-electron chi connectivity index (χ4n) is 2.90. The van der Waals surface area contributed by atoms with E-state index in [-0.39, 0.29) is 5.56 Å². The highest BCUT2D eigenvalue weighted by atomic mass is 32.1. The molecule has 3 heterocycles. The number of benzene rings is 1. The standard InChI is InChI=1S/C21H17N3OS/c1-2-18-20(16-8-4-3-5-9-16)24-19(25)13-17(23-21(24)26-18)11-10-15-7-6-12-22-14-15/h3-14H,2H2,1H3/b11-10+. The molecular weight excluding hydrogens is 342 g/mol. The molecule has 0 radical (unpaired) electrons. The van der Waals surface area contributed by atoms with Crippen LogP contribution in [0.5, 0.6) is 0 Å².